The molecule has 10 nitrogen and oxygen atoms in total. The first kappa shape index (κ1) is 18.2. The number of aromatic nitrogens is 8. The summed E-state index contributed by atoms with van der Waals surface area (Å²) < 4.78 is 3.88. The van der Waals surface area contributed by atoms with E-state index in [1.165, 1.54) is 0 Å². The third-order valence-corrected chi connectivity index (χ3v) is 5.19. The summed E-state index contributed by atoms with van der Waals surface area (Å²) in [5, 5.41) is 24.5. The van der Waals surface area contributed by atoms with Crippen LogP contribution in [-0.2, 0) is 13.1 Å². The Hall–Kier alpha value is -4.60. The van der Waals surface area contributed by atoms with Crippen molar-refractivity contribution < 1.29 is 0 Å². The summed E-state index contributed by atoms with van der Waals surface area (Å²) in [5.41, 5.74) is 2.44. The highest BCUT2D eigenvalue weighted by Gasteiger charge is 2.11. The molecular weight excluding hydrogens is 404 g/mol. The van der Waals surface area contributed by atoms with Crippen LogP contribution in [0.25, 0.3) is 22.2 Å². The molecular formula is C22H18N10. The number of rotatable bonds is 6. The SMILES string of the molecule is c1ccc2c(NCc3nnc4ccccn34)nc(NCc3nnc4ccccn34)nc2c1. The number of para-hydroxylation sites is 1. The van der Waals surface area contributed by atoms with Crippen LogP contribution >= 0.6 is 0 Å². The largest absolute Gasteiger partial charge is 0.362 e. The van der Waals surface area contributed by atoms with E-state index in [-0.39, 0.29) is 0 Å². The Morgan fingerprint density at radius 3 is 1.97 bits per heavy atom. The van der Waals surface area contributed by atoms with Crippen molar-refractivity contribution >= 4 is 34.0 Å². The van der Waals surface area contributed by atoms with E-state index in [0.29, 0.717) is 19.0 Å². The van der Waals surface area contributed by atoms with Gasteiger partial charge in [-0.3, -0.25) is 8.80 Å². The molecule has 0 saturated carbocycles. The molecule has 0 aliphatic heterocycles. The van der Waals surface area contributed by atoms with Crippen LogP contribution in [0.2, 0.25) is 0 Å². The lowest BCUT2D eigenvalue weighted by molar-refractivity contribution is 0.898. The van der Waals surface area contributed by atoms with E-state index in [1.54, 1.807) is 0 Å². The van der Waals surface area contributed by atoms with Crippen LogP contribution in [0.5, 0.6) is 0 Å². The molecule has 0 radical (unpaired) electrons. The Kier molecular flexibility index (Phi) is 4.31. The van der Waals surface area contributed by atoms with Gasteiger partial charge >= 0.3 is 0 Å². The van der Waals surface area contributed by atoms with Crippen LogP contribution in [0.3, 0.4) is 0 Å². The Labute approximate surface area is 182 Å². The summed E-state index contributed by atoms with van der Waals surface area (Å²) in [7, 11) is 0. The molecule has 2 N–H and O–H groups in total. The van der Waals surface area contributed by atoms with Gasteiger partial charge in [0.2, 0.25) is 5.95 Å². The number of hydrogen-bond donors (Lipinski definition) is 2. The molecule has 6 rings (SSSR count). The lowest BCUT2D eigenvalue weighted by Crippen LogP contribution is -2.10. The zero-order chi connectivity index (χ0) is 21.3. The summed E-state index contributed by atoms with van der Waals surface area (Å²) >= 11 is 0. The second-order valence-corrected chi connectivity index (χ2v) is 7.21. The van der Waals surface area contributed by atoms with Gasteiger partial charge in [0.1, 0.15) is 5.82 Å². The van der Waals surface area contributed by atoms with Gasteiger partial charge < -0.3 is 10.6 Å². The monoisotopic (exact) mass is 422 g/mol. The van der Waals surface area contributed by atoms with E-state index < -0.39 is 0 Å². The smallest absolute Gasteiger partial charge is 0.225 e. The zero-order valence-electron chi connectivity index (χ0n) is 16.9. The number of hydrogen-bond acceptors (Lipinski definition) is 8. The molecule has 0 atom stereocenters. The molecule has 156 valence electrons. The van der Waals surface area contributed by atoms with E-state index in [2.05, 4.69) is 36.0 Å². The highest BCUT2D eigenvalue weighted by atomic mass is 15.3. The molecule has 0 fully saturated rings. The number of fused-ring (bicyclic) bond motifs is 3. The van der Waals surface area contributed by atoms with Crippen molar-refractivity contribution in [1.29, 1.82) is 0 Å². The van der Waals surface area contributed by atoms with Crippen LogP contribution < -0.4 is 10.6 Å². The van der Waals surface area contributed by atoms with Gasteiger partial charge in [0, 0.05) is 17.8 Å². The van der Waals surface area contributed by atoms with Crippen LogP contribution in [0.4, 0.5) is 11.8 Å². The number of nitrogens with one attached hydrogen (secondary N) is 2. The van der Waals surface area contributed by atoms with Crippen molar-refractivity contribution in [1.82, 2.24) is 39.2 Å². The minimum Gasteiger partial charge on any atom is -0.362 e. The quantitative estimate of drug-likeness (QED) is 0.422. The van der Waals surface area contributed by atoms with Crippen molar-refractivity contribution in [2.75, 3.05) is 10.6 Å². The number of benzene rings is 1. The summed E-state index contributed by atoms with van der Waals surface area (Å²) in [6.07, 6.45) is 3.88. The van der Waals surface area contributed by atoms with E-state index in [0.717, 1.165) is 39.7 Å². The Bertz CT molecular complexity index is 1550. The molecule has 5 heterocycles. The van der Waals surface area contributed by atoms with Crippen molar-refractivity contribution in [3.63, 3.8) is 0 Å². The Morgan fingerprint density at radius 2 is 1.25 bits per heavy atom. The molecule has 0 bridgehead atoms. The van der Waals surface area contributed by atoms with Gasteiger partial charge in [-0.05, 0) is 36.4 Å². The Morgan fingerprint density at radius 1 is 0.625 bits per heavy atom. The third kappa shape index (κ3) is 3.23. The fraction of sp³-hybridized carbons (Fsp3) is 0.0909. The molecule has 0 aliphatic carbocycles. The second kappa shape index (κ2) is 7.58. The standard InChI is InChI=1S/C22H18N10/c1-2-8-16-15(7-1)21(23-13-19-29-27-17-9-3-5-11-31(17)19)26-22(25-16)24-14-20-30-28-18-10-4-6-12-32(18)20/h1-12H,13-14H2,(H2,23,24,25,26). The first-order valence-electron chi connectivity index (χ1n) is 10.2. The molecule has 0 amide bonds. The fourth-order valence-corrected chi connectivity index (χ4v) is 3.63. The second-order valence-electron chi connectivity index (χ2n) is 7.21. The highest BCUT2D eigenvalue weighted by Crippen LogP contribution is 2.22. The zero-order valence-corrected chi connectivity index (χ0v) is 16.9. The van der Waals surface area contributed by atoms with Crippen molar-refractivity contribution in [3.05, 3.63) is 84.7 Å². The molecule has 0 spiro atoms. The third-order valence-electron chi connectivity index (χ3n) is 5.19. The Balaban J connectivity index is 1.29. The van der Waals surface area contributed by atoms with Crippen molar-refractivity contribution in [2.45, 2.75) is 13.1 Å². The van der Waals surface area contributed by atoms with Crippen LogP contribution in [0.15, 0.2) is 73.1 Å². The maximum atomic E-state index is 4.71. The molecule has 0 aliphatic rings. The maximum Gasteiger partial charge on any atom is 0.225 e. The summed E-state index contributed by atoms with van der Waals surface area (Å²) in [6, 6.07) is 19.5. The van der Waals surface area contributed by atoms with Gasteiger partial charge in [-0.2, -0.15) is 4.98 Å². The lowest BCUT2D eigenvalue weighted by Gasteiger charge is -2.11. The van der Waals surface area contributed by atoms with E-state index in [1.807, 2.05) is 81.9 Å². The number of pyridine rings is 2. The van der Waals surface area contributed by atoms with E-state index in [9.17, 15) is 0 Å². The molecule has 5 aromatic heterocycles. The minimum absolute atomic E-state index is 0.442. The predicted octanol–water partition coefficient (Wildman–Crippen LogP) is 2.94. The van der Waals surface area contributed by atoms with Gasteiger partial charge in [0.05, 0.1) is 18.6 Å². The van der Waals surface area contributed by atoms with Crippen molar-refractivity contribution in [2.24, 2.45) is 0 Å². The van der Waals surface area contributed by atoms with Gasteiger partial charge in [-0.25, -0.2) is 4.98 Å². The average Bonchev–Trinajstić information content (AvgIpc) is 3.45. The van der Waals surface area contributed by atoms with Crippen LogP contribution in [0.1, 0.15) is 11.6 Å². The van der Waals surface area contributed by atoms with Gasteiger partial charge in [0.25, 0.3) is 0 Å². The first-order valence-corrected chi connectivity index (χ1v) is 10.2. The predicted molar refractivity (Wildman–Crippen MR) is 120 cm³/mol. The highest BCUT2D eigenvalue weighted by molar-refractivity contribution is 5.90. The molecule has 10 heteroatoms. The summed E-state index contributed by atoms with van der Waals surface area (Å²) in [5.74, 6) is 2.80. The fourth-order valence-electron chi connectivity index (χ4n) is 3.63. The summed E-state index contributed by atoms with van der Waals surface area (Å²) in [6.45, 7) is 0.915. The molecule has 1 aromatic carbocycles. The molecule has 0 saturated heterocycles. The summed E-state index contributed by atoms with van der Waals surface area (Å²) in [4.78, 5) is 9.37. The van der Waals surface area contributed by atoms with E-state index >= 15 is 0 Å². The van der Waals surface area contributed by atoms with Gasteiger partial charge in [0.15, 0.2) is 22.9 Å². The topological polar surface area (TPSA) is 110 Å². The van der Waals surface area contributed by atoms with Crippen LogP contribution in [0, 0.1) is 0 Å². The minimum atomic E-state index is 0.442. The van der Waals surface area contributed by atoms with Gasteiger partial charge in [-0.15, -0.1) is 20.4 Å². The maximum absolute atomic E-state index is 4.71. The lowest BCUT2D eigenvalue weighted by atomic mass is 10.2. The number of nitrogens with zero attached hydrogens (tertiary/aromatic N) is 8. The molecule has 0 unspecified atom stereocenters. The molecule has 6 aromatic rings. The van der Waals surface area contributed by atoms with Crippen molar-refractivity contribution in [3.8, 4) is 0 Å². The number of anilines is 2. The average molecular weight is 422 g/mol. The van der Waals surface area contributed by atoms with Gasteiger partial charge in [-0.1, -0.05) is 24.3 Å². The normalized spacial score (nSPS) is 11.4. The first-order chi connectivity index (χ1) is 15.8. The van der Waals surface area contributed by atoms with Crippen LogP contribution in [-0.4, -0.2) is 39.2 Å². The van der Waals surface area contributed by atoms with E-state index in [4.69, 9.17) is 4.98 Å². The molecule has 32 heavy (non-hydrogen) atoms.